The van der Waals surface area contributed by atoms with E-state index >= 15 is 0 Å². The molecule has 2 aromatic heterocycles. The maximum atomic E-state index is 13.0. The van der Waals surface area contributed by atoms with Crippen LogP contribution in [-0.2, 0) is 31.9 Å². The molecule has 4 rings (SSSR count). The molecule has 6 nitrogen and oxygen atoms in total. The fraction of sp³-hybridized carbons (Fsp3) is 0.600. The van der Waals surface area contributed by atoms with Crippen molar-refractivity contribution in [1.82, 2.24) is 0 Å². The van der Waals surface area contributed by atoms with E-state index in [1.54, 1.807) is 0 Å². The first-order chi connectivity index (χ1) is 11.7. The van der Waals surface area contributed by atoms with Crippen LogP contribution >= 0.6 is 0 Å². The predicted octanol–water partition coefficient (Wildman–Crippen LogP) is 3.75. The highest BCUT2D eigenvalue weighted by Gasteiger charge is 2.52. The third kappa shape index (κ3) is 2.00. The minimum Gasteiger partial charge on any atom is -0.424 e. The molecule has 0 N–H and O–H groups in total. The van der Waals surface area contributed by atoms with Crippen LogP contribution in [0.15, 0.2) is 18.4 Å². The van der Waals surface area contributed by atoms with Gasteiger partial charge in [0.05, 0.1) is 22.0 Å². The van der Waals surface area contributed by atoms with Crippen LogP contribution in [0.5, 0.6) is 0 Å². The second kappa shape index (κ2) is 4.49. The molecule has 0 unspecified atom stereocenters. The van der Waals surface area contributed by atoms with E-state index in [1.165, 1.54) is 0 Å². The molecule has 0 aliphatic carbocycles. The Morgan fingerprint density at radius 1 is 0.538 bits per heavy atom. The molecule has 26 heavy (non-hydrogen) atoms. The van der Waals surface area contributed by atoms with Gasteiger partial charge in [0, 0.05) is 11.1 Å². The van der Waals surface area contributed by atoms with Gasteiger partial charge in [-0.2, -0.15) is 0 Å². The zero-order valence-electron chi connectivity index (χ0n) is 16.4. The molecule has 0 spiro atoms. The Balaban J connectivity index is 2.30. The molecule has 0 saturated carbocycles. The molecule has 140 valence electrons. The summed E-state index contributed by atoms with van der Waals surface area (Å²) in [5.74, 6) is 0.756. The highest BCUT2D eigenvalue weighted by Crippen LogP contribution is 2.52. The zero-order valence-corrected chi connectivity index (χ0v) is 16.4. The zero-order chi connectivity index (χ0) is 19.4. The number of fused-ring (bicyclic) bond motifs is 5. The summed E-state index contributed by atoms with van der Waals surface area (Å²) in [5.41, 5.74) is -3.19. The van der Waals surface area contributed by atoms with Crippen molar-refractivity contribution in [1.29, 1.82) is 0 Å². The second-order valence-corrected chi connectivity index (χ2v) is 9.18. The van der Waals surface area contributed by atoms with Crippen LogP contribution in [0, 0.1) is 0 Å². The van der Waals surface area contributed by atoms with E-state index in [9.17, 15) is 9.59 Å². The van der Waals surface area contributed by atoms with Crippen LogP contribution in [0.1, 0.15) is 78.0 Å². The van der Waals surface area contributed by atoms with Crippen molar-refractivity contribution >= 4 is 10.8 Å². The van der Waals surface area contributed by atoms with Gasteiger partial charge in [-0.15, -0.1) is 0 Å². The lowest BCUT2D eigenvalue weighted by Crippen LogP contribution is -2.24. The van der Waals surface area contributed by atoms with Gasteiger partial charge in [-0.3, -0.25) is 0 Å². The Morgan fingerprint density at radius 3 is 1.15 bits per heavy atom. The van der Waals surface area contributed by atoms with E-state index in [0.29, 0.717) is 22.6 Å². The molecular formula is C20H24O6. The summed E-state index contributed by atoms with van der Waals surface area (Å²) < 4.78 is 23.6. The van der Waals surface area contributed by atoms with Crippen molar-refractivity contribution in [3.63, 3.8) is 0 Å². The van der Waals surface area contributed by atoms with Gasteiger partial charge in [0.25, 0.3) is 0 Å². The van der Waals surface area contributed by atoms with Crippen LogP contribution in [0.25, 0.3) is 10.8 Å². The summed E-state index contributed by atoms with van der Waals surface area (Å²) in [6.07, 6.45) is 0. The molecule has 0 amide bonds. The third-order valence-electron chi connectivity index (χ3n) is 5.32. The molecule has 0 atom stereocenters. The van der Waals surface area contributed by atoms with Gasteiger partial charge in [0.1, 0.15) is 22.7 Å². The molecule has 2 aliphatic rings. The Kier molecular flexibility index (Phi) is 3.02. The summed E-state index contributed by atoms with van der Waals surface area (Å²) in [6.45, 7) is 14.7. The quantitative estimate of drug-likeness (QED) is 0.712. The van der Waals surface area contributed by atoms with Crippen molar-refractivity contribution in [2.24, 2.45) is 0 Å². The molecule has 0 saturated heterocycles. The first-order valence-corrected chi connectivity index (χ1v) is 8.79. The molecule has 0 bridgehead atoms. The summed E-state index contributed by atoms with van der Waals surface area (Å²) in [4.78, 5) is 26.0. The fourth-order valence-electron chi connectivity index (χ4n) is 4.74. The number of hydrogen-bond acceptors (Lipinski definition) is 6. The summed E-state index contributed by atoms with van der Waals surface area (Å²) in [6, 6.07) is 0. The van der Waals surface area contributed by atoms with Crippen molar-refractivity contribution in [3.8, 4) is 0 Å². The maximum Gasteiger partial charge on any atom is 0.344 e. The van der Waals surface area contributed by atoms with Crippen molar-refractivity contribution in [3.05, 3.63) is 43.5 Å². The molecule has 0 fully saturated rings. The number of rotatable bonds is 0. The van der Waals surface area contributed by atoms with Crippen LogP contribution in [-0.4, -0.2) is 0 Å². The van der Waals surface area contributed by atoms with E-state index in [2.05, 4.69) is 0 Å². The largest absolute Gasteiger partial charge is 0.424 e. The van der Waals surface area contributed by atoms with Crippen LogP contribution in [0.3, 0.4) is 0 Å². The fourth-order valence-corrected chi connectivity index (χ4v) is 4.74. The Bertz CT molecular complexity index is 991. The lowest BCUT2D eigenvalue weighted by atomic mass is 9.87. The standard InChI is InChI=1S/C20H24O6/c1-17(2)11-9-10(16(22)23-13(11)19(5,6)25-17)12-14(24-15(9)21)20(7,8)26-18(12,3)4/h1-8H3. The second-order valence-electron chi connectivity index (χ2n) is 9.18. The highest BCUT2D eigenvalue weighted by molar-refractivity contribution is 5.89. The van der Waals surface area contributed by atoms with E-state index in [0.717, 1.165) is 0 Å². The Hall–Kier alpha value is -1.92. The lowest BCUT2D eigenvalue weighted by Gasteiger charge is -2.24. The van der Waals surface area contributed by atoms with Gasteiger partial charge in [0.2, 0.25) is 0 Å². The van der Waals surface area contributed by atoms with Gasteiger partial charge >= 0.3 is 11.3 Å². The van der Waals surface area contributed by atoms with E-state index in [-0.39, 0.29) is 10.8 Å². The van der Waals surface area contributed by atoms with Gasteiger partial charge in [-0.05, 0) is 55.4 Å². The minimum atomic E-state index is -0.817. The predicted molar refractivity (Wildman–Crippen MR) is 95.3 cm³/mol. The molecule has 0 radical (unpaired) electrons. The summed E-state index contributed by atoms with van der Waals surface area (Å²) >= 11 is 0. The van der Waals surface area contributed by atoms with Gasteiger partial charge in [-0.25, -0.2) is 9.59 Å². The number of ether oxygens (including phenoxy) is 2. The third-order valence-corrected chi connectivity index (χ3v) is 5.32. The topological polar surface area (TPSA) is 78.9 Å². The molecule has 0 aromatic carbocycles. The van der Waals surface area contributed by atoms with E-state index in [1.807, 2.05) is 55.4 Å². The molecule has 2 aliphatic heterocycles. The van der Waals surface area contributed by atoms with Crippen LogP contribution in [0.4, 0.5) is 0 Å². The van der Waals surface area contributed by atoms with Crippen LogP contribution < -0.4 is 11.3 Å². The van der Waals surface area contributed by atoms with E-state index < -0.39 is 33.7 Å². The first kappa shape index (κ1) is 17.5. The molecule has 4 heterocycles. The van der Waals surface area contributed by atoms with Crippen molar-refractivity contribution in [2.45, 2.75) is 77.8 Å². The summed E-state index contributed by atoms with van der Waals surface area (Å²) in [7, 11) is 0. The average molecular weight is 360 g/mol. The van der Waals surface area contributed by atoms with Crippen molar-refractivity contribution in [2.75, 3.05) is 0 Å². The van der Waals surface area contributed by atoms with Gasteiger partial charge in [-0.1, -0.05) is 0 Å². The van der Waals surface area contributed by atoms with Gasteiger partial charge < -0.3 is 18.3 Å². The molecular weight excluding hydrogens is 336 g/mol. The first-order valence-electron chi connectivity index (χ1n) is 8.79. The minimum absolute atomic E-state index is 0.236. The summed E-state index contributed by atoms with van der Waals surface area (Å²) in [5, 5.41) is 0.472. The molecule has 2 aromatic rings. The lowest BCUT2D eigenvalue weighted by molar-refractivity contribution is -0.110. The normalized spacial score (nSPS) is 23.8. The number of hydrogen-bond donors (Lipinski definition) is 0. The highest BCUT2D eigenvalue weighted by atomic mass is 16.6. The van der Waals surface area contributed by atoms with E-state index in [4.69, 9.17) is 18.3 Å². The van der Waals surface area contributed by atoms with Gasteiger partial charge in [0.15, 0.2) is 0 Å². The monoisotopic (exact) mass is 360 g/mol. The maximum absolute atomic E-state index is 13.0. The van der Waals surface area contributed by atoms with Crippen molar-refractivity contribution < 1.29 is 18.3 Å². The Labute approximate surface area is 151 Å². The molecule has 6 heteroatoms. The Morgan fingerprint density at radius 2 is 0.846 bits per heavy atom. The average Bonchev–Trinajstić information content (AvgIpc) is 2.73. The SMILES string of the molecule is CC1(C)OC(C)(C)c2c1oc(=O)c1c3c(oc(=O)c21)C(C)(C)OC3(C)C. The smallest absolute Gasteiger partial charge is 0.344 e. The van der Waals surface area contributed by atoms with Crippen LogP contribution in [0.2, 0.25) is 0 Å².